The fourth-order valence-electron chi connectivity index (χ4n) is 4.44. The van der Waals surface area contributed by atoms with E-state index < -0.39 is 0 Å². The van der Waals surface area contributed by atoms with Crippen LogP contribution in [0.2, 0.25) is 0 Å². The fraction of sp³-hybridized carbons (Fsp3) is 0.481. The van der Waals surface area contributed by atoms with Crippen molar-refractivity contribution in [3.8, 4) is 0 Å². The lowest BCUT2D eigenvalue weighted by molar-refractivity contribution is -0.136. The second-order valence-electron chi connectivity index (χ2n) is 8.80. The summed E-state index contributed by atoms with van der Waals surface area (Å²) in [4.78, 5) is 30.0. The Hall–Kier alpha value is -2.82. The molecular formula is C27H37N3O2. The monoisotopic (exact) mass is 435 g/mol. The summed E-state index contributed by atoms with van der Waals surface area (Å²) in [7, 11) is 1.86. The third kappa shape index (κ3) is 6.12. The Labute approximate surface area is 192 Å². The zero-order valence-electron chi connectivity index (χ0n) is 19.7. The number of piperidine rings is 1. The van der Waals surface area contributed by atoms with Crippen LogP contribution in [-0.2, 0) is 17.8 Å². The molecule has 1 aliphatic rings. The van der Waals surface area contributed by atoms with Gasteiger partial charge in [-0.25, -0.2) is 4.79 Å². The SMILES string of the molecule is CCCCNC(=O)N1CC(C(=O)N(C)Cc2ccccc2)CCC1c1ccc(CC)cc1. The molecule has 2 atom stereocenters. The number of benzene rings is 2. The van der Waals surface area contributed by atoms with Gasteiger partial charge in [-0.15, -0.1) is 0 Å². The lowest BCUT2D eigenvalue weighted by atomic mass is 9.88. The lowest BCUT2D eigenvalue weighted by Crippen LogP contribution is -2.50. The molecule has 5 nitrogen and oxygen atoms in total. The quantitative estimate of drug-likeness (QED) is 0.582. The number of hydrogen-bond acceptors (Lipinski definition) is 2. The van der Waals surface area contributed by atoms with Crippen LogP contribution in [0.1, 0.15) is 62.3 Å². The van der Waals surface area contributed by atoms with Gasteiger partial charge in [0.1, 0.15) is 0 Å². The summed E-state index contributed by atoms with van der Waals surface area (Å²) in [5.74, 6) is -0.0632. The minimum Gasteiger partial charge on any atom is -0.341 e. The highest BCUT2D eigenvalue weighted by molar-refractivity contribution is 5.81. The fourth-order valence-corrected chi connectivity index (χ4v) is 4.44. The third-order valence-electron chi connectivity index (χ3n) is 6.41. The van der Waals surface area contributed by atoms with Crippen LogP contribution < -0.4 is 5.32 Å². The van der Waals surface area contributed by atoms with Gasteiger partial charge in [-0.05, 0) is 42.4 Å². The number of carbonyl (C=O) groups excluding carboxylic acids is 2. The van der Waals surface area contributed by atoms with Crippen molar-refractivity contribution in [1.82, 2.24) is 15.1 Å². The molecule has 3 rings (SSSR count). The molecule has 32 heavy (non-hydrogen) atoms. The van der Waals surface area contributed by atoms with E-state index in [1.807, 2.05) is 42.3 Å². The molecule has 2 aromatic rings. The highest BCUT2D eigenvalue weighted by Gasteiger charge is 2.36. The minimum atomic E-state index is -0.174. The number of carbonyl (C=O) groups is 2. The molecular weight excluding hydrogens is 398 g/mol. The van der Waals surface area contributed by atoms with Crippen molar-refractivity contribution in [1.29, 1.82) is 0 Å². The molecule has 0 radical (unpaired) electrons. The Kier molecular flexibility index (Phi) is 8.72. The molecule has 2 aromatic carbocycles. The van der Waals surface area contributed by atoms with E-state index >= 15 is 0 Å². The number of unbranched alkanes of at least 4 members (excludes halogenated alkanes) is 1. The van der Waals surface area contributed by atoms with Crippen molar-refractivity contribution in [3.05, 3.63) is 71.3 Å². The first-order valence-electron chi connectivity index (χ1n) is 12.0. The largest absolute Gasteiger partial charge is 0.341 e. The zero-order chi connectivity index (χ0) is 22.9. The van der Waals surface area contributed by atoms with Crippen molar-refractivity contribution in [2.75, 3.05) is 20.1 Å². The van der Waals surface area contributed by atoms with Crippen LogP contribution in [0.5, 0.6) is 0 Å². The van der Waals surface area contributed by atoms with E-state index in [1.165, 1.54) is 5.56 Å². The van der Waals surface area contributed by atoms with Crippen LogP contribution in [0, 0.1) is 5.92 Å². The molecule has 1 heterocycles. The summed E-state index contributed by atoms with van der Waals surface area (Å²) in [6, 6.07) is 18.5. The highest BCUT2D eigenvalue weighted by atomic mass is 16.2. The van der Waals surface area contributed by atoms with E-state index in [1.54, 1.807) is 4.90 Å². The summed E-state index contributed by atoms with van der Waals surface area (Å²) < 4.78 is 0. The summed E-state index contributed by atoms with van der Waals surface area (Å²) in [5.41, 5.74) is 3.55. The van der Waals surface area contributed by atoms with E-state index in [0.717, 1.165) is 43.2 Å². The predicted octanol–water partition coefficient (Wildman–Crippen LogP) is 5.17. The third-order valence-corrected chi connectivity index (χ3v) is 6.41. The summed E-state index contributed by atoms with van der Waals surface area (Å²) in [5, 5.41) is 3.07. The van der Waals surface area contributed by atoms with Gasteiger partial charge in [0.15, 0.2) is 0 Å². The summed E-state index contributed by atoms with van der Waals surface area (Å²) in [6.07, 6.45) is 4.57. The molecule has 172 valence electrons. The number of aryl methyl sites for hydroxylation is 1. The van der Waals surface area contributed by atoms with Crippen molar-refractivity contribution in [2.24, 2.45) is 5.92 Å². The van der Waals surface area contributed by atoms with Gasteiger partial charge in [0.05, 0.1) is 12.0 Å². The second-order valence-corrected chi connectivity index (χ2v) is 8.80. The number of likely N-dealkylation sites (tertiary alicyclic amines) is 1. The van der Waals surface area contributed by atoms with Crippen LogP contribution in [0.3, 0.4) is 0 Å². The van der Waals surface area contributed by atoms with Gasteiger partial charge in [-0.2, -0.15) is 0 Å². The van der Waals surface area contributed by atoms with E-state index in [0.29, 0.717) is 19.6 Å². The molecule has 1 fully saturated rings. The average Bonchev–Trinajstić information content (AvgIpc) is 2.84. The van der Waals surface area contributed by atoms with E-state index in [9.17, 15) is 9.59 Å². The molecule has 1 N–H and O–H groups in total. The second kappa shape index (κ2) is 11.7. The van der Waals surface area contributed by atoms with Gasteiger partial charge >= 0.3 is 6.03 Å². The van der Waals surface area contributed by atoms with Crippen LogP contribution in [0.4, 0.5) is 4.79 Å². The molecule has 0 aliphatic carbocycles. The molecule has 5 heteroatoms. The lowest BCUT2D eigenvalue weighted by Gasteiger charge is -2.40. The summed E-state index contributed by atoms with van der Waals surface area (Å²) >= 11 is 0. The van der Waals surface area contributed by atoms with Crippen LogP contribution in [0.15, 0.2) is 54.6 Å². The first-order chi connectivity index (χ1) is 15.5. The smallest absolute Gasteiger partial charge is 0.317 e. The van der Waals surface area contributed by atoms with Gasteiger partial charge in [-0.1, -0.05) is 74.9 Å². The minimum absolute atomic E-state index is 0.00557. The normalized spacial score (nSPS) is 18.3. The standard InChI is InChI=1S/C27H37N3O2/c1-4-6-18-28-27(32)30-20-24(26(31)29(3)19-22-10-8-7-9-11-22)16-17-25(30)23-14-12-21(5-2)13-15-23/h7-15,24-25H,4-6,16-20H2,1-3H3,(H,28,32). The Morgan fingerprint density at radius 2 is 1.72 bits per heavy atom. The molecule has 2 unspecified atom stereocenters. The maximum absolute atomic E-state index is 13.2. The number of hydrogen-bond donors (Lipinski definition) is 1. The molecule has 1 saturated heterocycles. The van der Waals surface area contributed by atoms with Crippen molar-refractivity contribution in [3.63, 3.8) is 0 Å². The van der Waals surface area contributed by atoms with Crippen molar-refractivity contribution in [2.45, 2.75) is 58.5 Å². The van der Waals surface area contributed by atoms with Gasteiger partial charge in [0.2, 0.25) is 5.91 Å². The van der Waals surface area contributed by atoms with Crippen LogP contribution in [-0.4, -0.2) is 41.9 Å². The Morgan fingerprint density at radius 1 is 1.00 bits per heavy atom. The molecule has 0 spiro atoms. The van der Waals surface area contributed by atoms with Gasteiger partial charge in [0.25, 0.3) is 0 Å². The van der Waals surface area contributed by atoms with Gasteiger partial charge in [0, 0.05) is 26.7 Å². The topological polar surface area (TPSA) is 52.7 Å². The number of urea groups is 1. The van der Waals surface area contributed by atoms with Crippen LogP contribution in [0.25, 0.3) is 0 Å². The van der Waals surface area contributed by atoms with E-state index in [4.69, 9.17) is 0 Å². The molecule has 3 amide bonds. The van der Waals surface area contributed by atoms with Crippen molar-refractivity contribution >= 4 is 11.9 Å². The average molecular weight is 436 g/mol. The molecule has 1 aliphatic heterocycles. The Balaban J connectivity index is 1.72. The Morgan fingerprint density at radius 3 is 2.38 bits per heavy atom. The van der Waals surface area contributed by atoms with Crippen molar-refractivity contribution < 1.29 is 9.59 Å². The number of nitrogens with zero attached hydrogens (tertiary/aromatic N) is 2. The maximum atomic E-state index is 13.2. The molecule has 0 aromatic heterocycles. The summed E-state index contributed by atoms with van der Waals surface area (Å²) in [6.45, 7) is 5.96. The Bertz CT molecular complexity index is 866. The van der Waals surface area contributed by atoms with E-state index in [2.05, 4.69) is 43.4 Å². The molecule has 0 saturated carbocycles. The maximum Gasteiger partial charge on any atom is 0.317 e. The number of amides is 3. The zero-order valence-corrected chi connectivity index (χ0v) is 19.7. The predicted molar refractivity (Wildman–Crippen MR) is 129 cm³/mol. The number of rotatable bonds is 8. The number of nitrogens with one attached hydrogen (secondary N) is 1. The van der Waals surface area contributed by atoms with E-state index in [-0.39, 0.29) is 23.9 Å². The first kappa shape index (κ1) is 23.8. The molecule has 0 bridgehead atoms. The van der Waals surface area contributed by atoms with Gasteiger partial charge in [-0.3, -0.25) is 4.79 Å². The van der Waals surface area contributed by atoms with Gasteiger partial charge < -0.3 is 15.1 Å². The highest BCUT2D eigenvalue weighted by Crippen LogP contribution is 2.34. The van der Waals surface area contributed by atoms with Crippen LogP contribution >= 0.6 is 0 Å². The first-order valence-corrected chi connectivity index (χ1v) is 12.0.